The number of amides is 1. The van der Waals surface area contributed by atoms with Gasteiger partial charge in [-0.15, -0.1) is 0 Å². The molecule has 0 spiro atoms. The van der Waals surface area contributed by atoms with Gasteiger partial charge in [0.15, 0.2) is 0 Å². The van der Waals surface area contributed by atoms with E-state index < -0.39 is 5.97 Å². The number of unbranched alkanes of at least 4 members (excludes halogenated alkanes) is 1. The van der Waals surface area contributed by atoms with Gasteiger partial charge in [-0.05, 0) is 55.2 Å². The summed E-state index contributed by atoms with van der Waals surface area (Å²) < 4.78 is 13.1. The van der Waals surface area contributed by atoms with Crippen molar-refractivity contribution < 1.29 is 19.1 Å². The molecule has 2 aliphatic rings. The van der Waals surface area contributed by atoms with Gasteiger partial charge in [-0.3, -0.25) is 9.59 Å². The Morgan fingerprint density at radius 1 is 1.03 bits per heavy atom. The van der Waals surface area contributed by atoms with Crippen LogP contribution in [-0.4, -0.2) is 28.7 Å². The number of aliphatic imine (C=N–C) groups is 1. The minimum Gasteiger partial charge on any atom is -0.481 e. The highest BCUT2D eigenvalue weighted by Gasteiger charge is 2.25. The molecule has 174 valence electrons. The Labute approximate surface area is 197 Å². The van der Waals surface area contributed by atoms with Crippen LogP contribution in [0.25, 0.3) is 5.70 Å². The molecule has 0 saturated heterocycles. The monoisotopic (exact) mass is 459 g/mol. The minimum absolute atomic E-state index is 0.132. The summed E-state index contributed by atoms with van der Waals surface area (Å²) in [6.45, 7) is 0.302. The standard InChI is InChI=1S/C27H26FN3O3/c28-21-13-10-18(11-14-21)17-29-27(34)20-12-15-22-24(16-20)30-23(8-4-5-9-25(32)33)26(31-22)19-6-2-1-3-7-19/h1-3,6-7,10-16,24,30H,4-5,8-9,17H2,(H,29,34)(H,32,33). The summed E-state index contributed by atoms with van der Waals surface area (Å²) >= 11 is 0. The number of halogens is 1. The van der Waals surface area contributed by atoms with E-state index in [1.54, 1.807) is 18.2 Å². The maximum Gasteiger partial charge on any atom is 0.303 e. The number of carbonyl (C=O) groups is 2. The second-order valence-corrected chi connectivity index (χ2v) is 8.22. The number of aliphatic carboxylic acids is 1. The molecule has 2 aromatic carbocycles. The number of hydrogen-bond acceptors (Lipinski definition) is 4. The quantitative estimate of drug-likeness (QED) is 0.486. The van der Waals surface area contributed by atoms with Crippen LogP contribution >= 0.6 is 0 Å². The molecule has 1 atom stereocenters. The third-order valence-corrected chi connectivity index (χ3v) is 5.70. The fraction of sp³-hybridized carbons (Fsp3) is 0.222. The third-order valence-electron chi connectivity index (χ3n) is 5.70. The zero-order valence-electron chi connectivity index (χ0n) is 18.6. The van der Waals surface area contributed by atoms with Gasteiger partial charge in [-0.1, -0.05) is 42.5 Å². The van der Waals surface area contributed by atoms with E-state index in [9.17, 15) is 14.0 Å². The van der Waals surface area contributed by atoms with E-state index in [0.29, 0.717) is 31.4 Å². The Balaban J connectivity index is 1.48. The lowest BCUT2D eigenvalue weighted by Gasteiger charge is -2.29. The molecule has 3 N–H and O–H groups in total. The van der Waals surface area contributed by atoms with Crippen molar-refractivity contribution in [2.24, 2.45) is 4.99 Å². The number of nitrogens with zero attached hydrogens (tertiary/aromatic N) is 1. The van der Waals surface area contributed by atoms with Gasteiger partial charge in [-0.2, -0.15) is 0 Å². The first-order chi connectivity index (χ1) is 16.5. The van der Waals surface area contributed by atoms with Crippen molar-refractivity contribution in [3.8, 4) is 0 Å². The average molecular weight is 460 g/mol. The molecule has 0 aromatic heterocycles. The number of benzene rings is 2. The molecule has 0 fully saturated rings. The number of allylic oxidation sites excluding steroid dienone is 1. The van der Waals surface area contributed by atoms with E-state index >= 15 is 0 Å². The Kier molecular flexibility index (Phi) is 7.32. The maximum atomic E-state index is 13.1. The molecule has 1 aliphatic carbocycles. The highest BCUT2D eigenvalue weighted by molar-refractivity contribution is 6.10. The smallest absolute Gasteiger partial charge is 0.303 e. The molecule has 0 bridgehead atoms. The zero-order valence-corrected chi connectivity index (χ0v) is 18.6. The van der Waals surface area contributed by atoms with Gasteiger partial charge in [0.25, 0.3) is 5.91 Å². The lowest BCUT2D eigenvalue weighted by Crippen LogP contribution is -2.40. The summed E-state index contributed by atoms with van der Waals surface area (Å²) in [6.07, 6.45) is 7.52. The number of fused-ring (bicyclic) bond motifs is 1. The van der Waals surface area contributed by atoms with Crippen molar-refractivity contribution in [3.63, 3.8) is 0 Å². The predicted molar refractivity (Wildman–Crippen MR) is 129 cm³/mol. The molecule has 6 nitrogen and oxygen atoms in total. The SMILES string of the molecule is O=C(O)CCCCC1=C(c2ccccc2)N=C2C=CC(C(=O)NCc3ccc(F)cc3)=CC2N1. The van der Waals surface area contributed by atoms with Crippen molar-refractivity contribution in [2.75, 3.05) is 0 Å². The van der Waals surface area contributed by atoms with Crippen LogP contribution in [0.3, 0.4) is 0 Å². The van der Waals surface area contributed by atoms with E-state index in [2.05, 4.69) is 10.6 Å². The number of hydrogen-bond donors (Lipinski definition) is 3. The van der Waals surface area contributed by atoms with Crippen LogP contribution in [0.1, 0.15) is 36.8 Å². The first-order valence-corrected chi connectivity index (χ1v) is 11.3. The van der Waals surface area contributed by atoms with E-state index in [0.717, 1.165) is 28.2 Å². The zero-order chi connectivity index (χ0) is 23.9. The molecule has 0 saturated carbocycles. The lowest BCUT2D eigenvalue weighted by molar-refractivity contribution is -0.137. The Morgan fingerprint density at radius 2 is 1.79 bits per heavy atom. The molecule has 2 aromatic rings. The maximum absolute atomic E-state index is 13.1. The molecular formula is C27H26FN3O3. The number of carbonyl (C=O) groups excluding carboxylic acids is 1. The van der Waals surface area contributed by atoms with E-state index in [4.69, 9.17) is 10.1 Å². The molecule has 1 unspecified atom stereocenters. The number of nitrogens with one attached hydrogen (secondary N) is 2. The Bertz CT molecular complexity index is 1180. The van der Waals surface area contributed by atoms with Crippen LogP contribution in [0.4, 0.5) is 4.39 Å². The van der Waals surface area contributed by atoms with E-state index in [-0.39, 0.29) is 24.2 Å². The Morgan fingerprint density at radius 3 is 2.53 bits per heavy atom. The van der Waals surface area contributed by atoms with Gasteiger partial charge < -0.3 is 15.7 Å². The highest BCUT2D eigenvalue weighted by atomic mass is 19.1. The van der Waals surface area contributed by atoms with Crippen LogP contribution in [0.15, 0.2) is 89.1 Å². The summed E-state index contributed by atoms with van der Waals surface area (Å²) in [5.74, 6) is -1.34. The number of carboxylic acid groups (broad SMARTS) is 1. The van der Waals surface area contributed by atoms with Crippen molar-refractivity contribution in [1.29, 1.82) is 0 Å². The predicted octanol–water partition coefficient (Wildman–Crippen LogP) is 4.36. The summed E-state index contributed by atoms with van der Waals surface area (Å²) in [4.78, 5) is 28.5. The first kappa shape index (κ1) is 23.2. The van der Waals surface area contributed by atoms with Gasteiger partial charge in [-0.25, -0.2) is 9.38 Å². The topological polar surface area (TPSA) is 90.8 Å². The van der Waals surface area contributed by atoms with Gasteiger partial charge in [0.05, 0.1) is 17.5 Å². The van der Waals surface area contributed by atoms with E-state index in [1.165, 1.54) is 12.1 Å². The Hall–Kier alpha value is -4.00. The van der Waals surface area contributed by atoms with Gasteiger partial charge in [0.2, 0.25) is 0 Å². The van der Waals surface area contributed by atoms with Gasteiger partial charge >= 0.3 is 5.97 Å². The van der Waals surface area contributed by atoms with Crippen molar-refractivity contribution in [1.82, 2.24) is 10.6 Å². The van der Waals surface area contributed by atoms with Crippen molar-refractivity contribution >= 4 is 23.3 Å². The average Bonchev–Trinajstić information content (AvgIpc) is 2.85. The summed E-state index contributed by atoms with van der Waals surface area (Å²) in [5.41, 5.74) is 4.89. The molecule has 0 radical (unpaired) electrons. The second-order valence-electron chi connectivity index (χ2n) is 8.22. The van der Waals surface area contributed by atoms with Crippen LogP contribution < -0.4 is 10.6 Å². The largest absolute Gasteiger partial charge is 0.481 e. The molecule has 4 rings (SSSR count). The molecule has 7 heteroatoms. The summed E-state index contributed by atoms with van der Waals surface area (Å²) in [7, 11) is 0. The first-order valence-electron chi connectivity index (χ1n) is 11.3. The van der Waals surface area contributed by atoms with Gasteiger partial charge in [0, 0.05) is 29.8 Å². The van der Waals surface area contributed by atoms with E-state index in [1.807, 2.05) is 42.5 Å². The van der Waals surface area contributed by atoms with Crippen molar-refractivity contribution in [3.05, 3.63) is 101 Å². The molecule has 1 amide bonds. The van der Waals surface area contributed by atoms with Crippen LogP contribution in [0.5, 0.6) is 0 Å². The molecule has 1 aliphatic heterocycles. The van der Waals surface area contributed by atoms with Crippen LogP contribution in [0.2, 0.25) is 0 Å². The summed E-state index contributed by atoms with van der Waals surface area (Å²) in [5, 5.41) is 15.3. The van der Waals surface area contributed by atoms with Gasteiger partial charge in [0.1, 0.15) is 5.82 Å². The molecule has 34 heavy (non-hydrogen) atoms. The third kappa shape index (κ3) is 5.86. The fourth-order valence-electron chi connectivity index (χ4n) is 3.92. The highest BCUT2D eigenvalue weighted by Crippen LogP contribution is 2.28. The van der Waals surface area contributed by atoms with Crippen LogP contribution in [0, 0.1) is 5.82 Å². The molecular weight excluding hydrogens is 433 g/mol. The second kappa shape index (κ2) is 10.7. The lowest BCUT2D eigenvalue weighted by atomic mass is 9.95. The van der Waals surface area contributed by atoms with Crippen molar-refractivity contribution in [2.45, 2.75) is 38.3 Å². The number of carboxylic acids is 1. The van der Waals surface area contributed by atoms with Crippen LogP contribution in [-0.2, 0) is 16.1 Å². The number of rotatable bonds is 9. The minimum atomic E-state index is -0.800. The fourth-order valence-corrected chi connectivity index (χ4v) is 3.92. The summed E-state index contributed by atoms with van der Waals surface area (Å²) in [6, 6.07) is 15.6. The normalized spacial score (nSPS) is 16.8. The molecule has 1 heterocycles.